The van der Waals surface area contributed by atoms with Crippen molar-refractivity contribution in [3.63, 3.8) is 0 Å². The number of amides is 1. The number of nitrogens with zero attached hydrogens (tertiary/aromatic N) is 2. The molecule has 0 unspecified atom stereocenters. The van der Waals surface area contributed by atoms with Crippen molar-refractivity contribution in [1.82, 2.24) is 9.47 Å². The van der Waals surface area contributed by atoms with E-state index in [1.807, 2.05) is 6.07 Å². The van der Waals surface area contributed by atoms with Gasteiger partial charge in [-0.3, -0.25) is 4.79 Å². The number of aromatic nitrogens is 1. The third-order valence-corrected chi connectivity index (χ3v) is 6.53. The van der Waals surface area contributed by atoms with E-state index in [0.717, 1.165) is 24.8 Å². The van der Waals surface area contributed by atoms with Crippen LogP contribution in [0.5, 0.6) is 0 Å². The predicted molar refractivity (Wildman–Crippen MR) is 113 cm³/mol. The third-order valence-electron chi connectivity index (χ3n) is 6.53. The molecule has 2 heterocycles. The predicted octanol–water partition coefficient (Wildman–Crippen LogP) is 5.69. The smallest absolute Gasteiger partial charge is 0.251 e. The summed E-state index contributed by atoms with van der Waals surface area (Å²) in [6.07, 6.45) is 6.50. The molecule has 3 aromatic rings. The summed E-state index contributed by atoms with van der Waals surface area (Å²) in [5.74, 6) is 0.240. The van der Waals surface area contributed by atoms with E-state index in [4.69, 9.17) is 0 Å². The number of carbonyl (C=O) groups is 1. The topological polar surface area (TPSA) is 25.2 Å². The number of hydrogen-bond acceptors (Lipinski definition) is 1. The van der Waals surface area contributed by atoms with E-state index in [1.54, 1.807) is 0 Å². The average molecular weight is 370 g/mol. The van der Waals surface area contributed by atoms with Crippen molar-refractivity contribution in [2.75, 3.05) is 0 Å². The van der Waals surface area contributed by atoms with Crippen LogP contribution in [0.3, 0.4) is 0 Å². The SMILES string of the molecule is C[C@H](c1ccccc1)N1C(=O)C2=C(CCCC2)[C@H]1c1cn(C)c2ccccc12. The summed E-state index contributed by atoms with van der Waals surface area (Å²) >= 11 is 0. The first-order valence-electron chi connectivity index (χ1n) is 10.3. The van der Waals surface area contributed by atoms with Crippen molar-refractivity contribution in [3.05, 3.63) is 83.1 Å². The molecule has 2 aliphatic rings. The van der Waals surface area contributed by atoms with Gasteiger partial charge in [-0.1, -0.05) is 48.5 Å². The van der Waals surface area contributed by atoms with Gasteiger partial charge in [0, 0.05) is 35.3 Å². The Morgan fingerprint density at radius 1 is 0.964 bits per heavy atom. The zero-order valence-corrected chi connectivity index (χ0v) is 16.6. The van der Waals surface area contributed by atoms with Gasteiger partial charge < -0.3 is 9.47 Å². The van der Waals surface area contributed by atoms with Crippen molar-refractivity contribution in [3.8, 4) is 0 Å². The second kappa shape index (κ2) is 6.66. The minimum Gasteiger partial charge on any atom is -0.350 e. The molecule has 1 aromatic heterocycles. The first kappa shape index (κ1) is 17.3. The maximum Gasteiger partial charge on any atom is 0.251 e. The minimum absolute atomic E-state index is 0.0447. The van der Waals surface area contributed by atoms with Crippen LogP contribution in [0.25, 0.3) is 10.9 Å². The normalized spacial score (nSPS) is 20.7. The lowest BCUT2D eigenvalue weighted by molar-refractivity contribution is -0.129. The van der Waals surface area contributed by atoms with Crippen LogP contribution in [-0.2, 0) is 11.8 Å². The lowest BCUT2D eigenvalue weighted by Gasteiger charge is -2.33. The van der Waals surface area contributed by atoms with Gasteiger partial charge in [-0.25, -0.2) is 0 Å². The first-order valence-corrected chi connectivity index (χ1v) is 10.3. The molecule has 2 atom stereocenters. The van der Waals surface area contributed by atoms with Crippen LogP contribution in [0.4, 0.5) is 0 Å². The Hall–Kier alpha value is -2.81. The van der Waals surface area contributed by atoms with Crippen molar-refractivity contribution in [2.24, 2.45) is 7.05 Å². The zero-order chi connectivity index (χ0) is 19.3. The Bertz CT molecular complexity index is 1080. The molecule has 0 bridgehead atoms. The Kier molecular flexibility index (Phi) is 4.12. The number of carbonyl (C=O) groups excluding carboxylic acids is 1. The fourth-order valence-electron chi connectivity index (χ4n) is 5.14. The molecule has 5 rings (SSSR count). The average Bonchev–Trinajstić information content (AvgIpc) is 3.23. The molecule has 0 fully saturated rings. The van der Waals surface area contributed by atoms with Gasteiger partial charge in [0.05, 0.1) is 12.1 Å². The molecule has 1 aliphatic carbocycles. The molecule has 28 heavy (non-hydrogen) atoms. The second-order valence-electron chi connectivity index (χ2n) is 8.13. The maximum atomic E-state index is 13.5. The Morgan fingerprint density at radius 2 is 1.68 bits per heavy atom. The standard InChI is InChI=1S/C25H26N2O/c1-17(18-10-4-3-5-11-18)27-24(20-13-6-7-14-21(20)25(27)28)22-16-26(2)23-15-9-8-12-19(22)23/h3-5,8-12,15-17,24H,6-7,13-14H2,1-2H3/t17-,24+/m1/s1. The molecular formula is C25H26N2O. The lowest BCUT2D eigenvalue weighted by Crippen LogP contribution is -2.33. The van der Waals surface area contributed by atoms with Crippen molar-refractivity contribution in [2.45, 2.75) is 44.7 Å². The molecule has 0 radical (unpaired) electrons. The van der Waals surface area contributed by atoms with Crippen LogP contribution in [0.15, 0.2) is 71.9 Å². The molecule has 1 aliphatic heterocycles. The highest BCUT2D eigenvalue weighted by atomic mass is 16.2. The Balaban J connectivity index is 1.69. The van der Waals surface area contributed by atoms with E-state index in [2.05, 4.69) is 78.2 Å². The molecule has 2 aromatic carbocycles. The summed E-state index contributed by atoms with van der Waals surface area (Å²) in [4.78, 5) is 15.7. The van der Waals surface area contributed by atoms with Gasteiger partial charge in [-0.2, -0.15) is 0 Å². The number of benzene rings is 2. The lowest BCUT2D eigenvalue weighted by atomic mass is 9.87. The van der Waals surface area contributed by atoms with Gasteiger partial charge in [0.1, 0.15) is 0 Å². The van der Waals surface area contributed by atoms with E-state index in [0.29, 0.717) is 0 Å². The number of fused-ring (bicyclic) bond motifs is 1. The van der Waals surface area contributed by atoms with Crippen LogP contribution in [0.2, 0.25) is 0 Å². The molecule has 0 spiro atoms. The minimum atomic E-state index is 0.0447. The fourth-order valence-corrected chi connectivity index (χ4v) is 5.14. The van der Waals surface area contributed by atoms with E-state index in [-0.39, 0.29) is 18.0 Å². The highest BCUT2D eigenvalue weighted by Crippen LogP contribution is 2.49. The van der Waals surface area contributed by atoms with Gasteiger partial charge >= 0.3 is 0 Å². The van der Waals surface area contributed by atoms with Gasteiger partial charge in [-0.15, -0.1) is 0 Å². The highest BCUT2D eigenvalue weighted by Gasteiger charge is 2.43. The molecule has 0 saturated carbocycles. The van der Waals surface area contributed by atoms with E-state index < -0.39 is 0 Å². The summed E-state index contributed by atoms with van der Waals surface area (Å²) in [6, 6.07) is 19.1. The summed E-state index contributed by atoms with van der Waals surface area (Å²) in [6.45, 7) is 2.17. The van der Waals surface area contributed by atoms with Crippen LogP contribution in [-0.4, -0.2) is 15.4 Å². The second-order valence-corrected chi connectivity index (χ2v) is 8.13. The molecule has 0 saturated heterocycles. The van der Waals surface area contributed by atoms with Gasteiger partial charge in [0.2, 0.25) is 0 Å². The largest absolute Gasteiger partial charge is 0.350 e. The molecule has 3 heteroatoms. The van der Waals surface area contributed by atoms with Crippen LogP contribution >= 0.6 is 0 Å². The molecule has 142 valence electrons. The monoisotopic (exact) mass is 370 g/mol. The summed E-state index contributed by atoms with van der Waals surface area (Å²) in [7, 11) is 2.10. The van der Waals surface area contributed by atoms with E-state index >= 15 is 0 Å². The zero-order valence-electron chi connectivity index (χ0n) is 16.6. The van der Waals surface area contributed by atoms with Crippen LogP contribution < -0.4 is 0 Å². The Labute approximate surface area is 166 Å². The molecule has 1 amide bonds. The first-order chi connectivity index (χ1) is 13.7. The molecular weight excluding hydrogens is 344 g/mol. The van der Waals surface area contributed by atoms with Gasteiger partial charge in [0.15, 0.2) is 0 Å². The highest BCUT2D eigenvalue weighted by molar-refractivity contribution is 5.99. The molecule has 3 nitrogen and oxygen atoms in total. The van der Waals surface area contributed by atoms with E-state index in [9.17, 15) is 4.79 Å². The van der Waals surface area contributed by atoms with Crippen molar-refractivity contribution in [1.29, 1.82) is 0 Å². The number of hydrogen-bond donors (Lipinski definition) is 0. The fraction of sp³-hybridized carbons (Fsp3) is 0.320. The van der Waals surface area contributed by atoms with Crippen molar-refractivity contribution >= 4 is 16.8 Å². The summed E-state index contributed by atoms with van der Waals surface area (Å²) < 4.78 is 2.20. The van der Waals surface area contributed by atoms with E-state index in [1.165, 1.54) is 34.0 Å². The quantitative estimate of drug-likeness (QED) is 0.581. The number of aryl methyl sites for hydroxylation is 1. The maximum absolute atomic E-state index is 13.5. The third kappa shape index (κ3) is 2.53. The number of rotatable bonds is 3. The molecule has 0 N–H and O–H groups in total. The summed E-state index contributed by atoms with van der Waals surface area (Å²) in [5, 5.41) is 1.26. The van der Waals surface area contributed by atoms with Crippen molar-refractivity contribution < 1.29 is 4.79 Å². The van der Waals surface area contributed by atoms with Crippen LogP contribution in [0, 0.1) is 0 Å². The summed E-state index contributed by atoms with van der Waals surface area (Å²) in [5.41, 5.74) is 6.12. The van der Waals surface area contributed by atoms with Crippen LogP contribution in [0.1, 0.15) is 55.8 Å². The van der Waals surface area contributed by atoms with Gasteiger partial charge in [-0.05, 0) is 49.8 Å². The van der Waals surface area contributed by atoms with Gasteiger partial charge in [0.25, 0.3) is 5.91 Å². The number of para-hydroxylation sites is 1. The Morgan fingerprint density at radius 3 is 2.50 bits per heavy atom.